The first-order chi connectivity index (χ1) is 15.8. The molecule has 0 aliphatic heterocycles. The minimum atomic E-state index is -0.360. The largest absolute Gasteiger partial charge is 0.467 e. The number of halogens is 1. The molecule has 174 valence electrons. The Bertz CT molecular complexity index is 1080. The highest BCUT2D eigenvalue weighted by molar-refractivity contribution is 7.13. The Morgan fingerprint density at radius 2 is 1.91 bits per heavy atom. The van der Waals surface area contributed by atoms with Crippen molar-refractivity contribution in [2.75, 3.05) is 18.4 Å². The van der Waals surface area contributed by atoms with Gasteiger partial charge in [-0.15, -0.1) is 11.3 Å². The van der Waals surface area contributed by atoms with Gasteiger partial charge in [-0.1, -0.05) is 25.4 Å². The molecule has 10 heteroatoms. The normalized spacial score (nSPS) is 10.8. The molecule has 0 bridgehead atoms. The quantitative estimate of drug-likeness (QED) is 0.449. The number of anilines is 1. The maximum atomic E-state index is 12.9. The summed E-state index contributed by atoms with van der Waals surface area (Å²) < 4.78 is 5.18. The molecule has 0 spiro atoms. The summed E-state index contributed by atoms with van der Waals surface area (Å²) in [5.41, 5.74) is 1.01. The van der Waals surface area contributed by atoms with Gasteiger partial charge in [-0.3, -0.25) is 14.4 Å². The third-order valence-corrected chi connectivity index (χ3v) is 5.54. The third-order valence-electron chi connectivity index (χ3n) is 4.48. The molecule has 3 amide bonds. The molecule has 2 heterocycles. The Balaban J connectivity index is 1.54. The fourth-order valence-electron chi connectivity index (χ4n) is 3.04. The highest BCUT2D eigenvalue weighted by Crippen LogP contribution is 2.17. The van der Waals surface area contributed by atoms with Crippen molar-refractivity contribution in [2.45, 2.75) is 26.8 Å². The standard InChI is InChI=1S/C23H25ClN4O4S/c1-15(2)12-28(22(31)16-5-7-17(24)8-6-16)13-21(30)27-23-26-18(14-33-23)10-20(29)25-11-19-4-3-9-32-19/h3-9,14-15H,10-13H2,1-2H3,(H,25,29)(H,26,27,30). The molecule has 0 saturated carbocycles. The van der Waals surface area contributed by atoms with Gasteiger partial charge in [0.2, 0.25) is 11.8 Å². The van der Waals surface area contributed by atoms with Crippen LogP contribution in [0.1, 0.15) is 35.7 Å². The lowest BCUT2D eigenvalue weighted by Crippen LogP contribution is -2.40. The van der Waals surface area contributed by atoms with Gasteiger partial charge in [-0.05, 0) is 42.3 Å². The summed E-state index contributed by atoms with van der Waals surface area (Å²) in [5.74, 6) is 0.0323. The summed E-state index contributed by atoms with van der Waals surface area (Å²) in [5, 5.41) is 8.09. The smallest absolute Gasteiger partial charge is 0.254 e. The van der Waals surface area contributed by atoms with Gasteiger partial charge in [-0.25, -0.2) is 4.98 Å². The molecule has 0 aliphatic carbocycles. The first kappa shape index (κ1) is 24.5. The summed E-state index contributed by atoms with van der Waals surface area (Å²) in [4.78, 5) is 43.4. The van der Waals surface area contributed by atoms with E-state index in [9.17, 15) is 14.4 Å². The lowest BCUT2D eigenvalue weighted by atomic mass is 10.1. The number of hydrogen-bond acceptors (Lipinski definition) is 6. The second-order valence-corrected chi connectivity index (χ2v) is 9.11. The van der Waals surface area contributed by atoms with Gasteiger partial charge < -0.3 is 20.0 Å². The van der Waals surface area contributed by atoms with Crippen molar-refractivity contribution in [1.29, 1.82) is 0 Å². The fraction of sp³-hybridized carbons (Fsp3) is 0.304. The molecule has 0 fully saturated rings. The maximum Gasteiger partial charge on any atom is 0.254 e. The number of amides is 3. The van der Waals surface area contributed by atoms with Gasteiger partial charge in [-0.2, -0.15) is 0 Å². The molecule has 33 heavy (non-hydrogen) atoms. The maximum absolute atomic E-state index is 12.9. The van der Waals surface area contributed by atoms with Gasteiger partial charge in [0.05, 0.1) is 24.9 Å². The molecule has 1 aromatic carbocycles. The average Bonchev–Trinajstić information content (AvgIpc) is 3.43. The van der Waals surface area contributed by atoms with E-state index in [1.165, 1.54) is 16.2 Å². The molecule has 2 N–H and O–H groups in total. The second kappa shape index (κ2) is 11.6. The van der Waals surface area contributed by atoms with Crippen molar-refractivity contribution in [3.05, 3.63) is 70.1 Å². The van der Waals surface area contributed by atoms with Gasteiger partial charge in [0.25, 0.3) is 5.91 Å². The van der Waals surface area contributed by atoms with Gasteiger partial charge in [0, 0.05) is 22.5 Å². The number of rotatable bonds is 10. The van der Waals surface area contributed by atoms with E-state index in [0.717, 1.165) is 0 Å². The Hall–Kier alpha value is -3.17. The fourth-order valence-corrected chi connectivity index (χ4v) is 3.89. The minimum Gasteiger partial charge on any atom is -0.467 e. The van der Waals surface area contributed by atoms with Crippen molar-refractivity contribution in [3.63, 3.8) is 0 Å². The Morgan fingerprint density at radius 1 is 1.15 bits per heavy atom. The van der Waals surface area contributed by atoms with Crippen LogP contribution in [0.2, 0.25) is 5.02 Å². The van der Waals surface area contributed by atoms with E-state index in [0.29, 0.717) is 40.3 Å². The van der Waals surface area contributed by atoms with E-state index in [1.54, 1.807) is 48.0 Å². The van der Waals surface area contributed by atoms with Gasteiger partial charge in [0.1, 0.15) is 12.3 Å². The van der Waals surface area contributed by atoms with Crippen LogP contribution < -0.4 is 10.6 Å². The zero-order valence-corrected chi connectivity index (χ0v) is 19.9. The van der Waals surface area contributed by atoms with E-state index in [1.807, 2.05) is 13.8 Å². The van der Waals surface area contributed by atoms with Crippen LogP contribution in [0.5, 0.6) is 0 Å². The van der Waals surface area contributed by atoms with Gasteiger partial charge >= 0.3 is 0 Å². The molecule has 2 aromatic heterocycles. The predicted molar refractivity (Wildman–Crippen MR) is 127 cm³/mol. The summed E-state index contributed by atoms with van der Waals surface area (Å²) in [6, 6.07) is 10.1. The van der Waals surface area contributed by atoms with Crippen LogP contribution in [-0.2, 0) is 22.6 Å². The van der Waals surface area contributed by atoms with E-state index < -0.39 is 0 Å². The number of benzene rings is 1. The molecule has 8 nitrogen and oxygen atoms in total. The Kier molecular flexibility index (Phi) is 8.62. The van der Waals surface area contributed by atoms with Crippen molar-refractivity contribution in [2.24, 2.45) is 5.92 Å². The number of nitrogens with zero attached hydrogens (tertiary/aromatic N) is 2. The molecule has 0 unspecified atom stereocenters. The van der Waals surface area contributed by atoms with E-state index in [4.69, 9.17) is 16.0 Å². The molecular weight excluding hydrogens is 464 g/mol. The highest BCUT2D eigenvalue weighted by Gasteiger charge is 2.21. The van der Waals surface area contributed by atoms with Crippen LogP contribution in [0, 0.1) is 5.92 Å². The molecule has 0 saturated heterocycles. The number of carbonyl (C=O) groups is 3. The first-order valence-electron chi connectivity index (χ1n) is 10.4. The number of carbonyl (C=O) groups excluding carboxylic acids is 3. The van der Waals surface area contributed by atoms with Crippen molar-refractivity contribution < 1.29 is 18.8 Å². The van der Waals surface area contributed by atoms with Gasteiger partial charge in [0.15, 0.2) is 5.13 Å². The van der Waals surface area contributed by atoms with Crippen molar-refractivity contribution in [3.8, 4) is 0 Å². The SMILES string of the molecule is CC(C)CN(CC(=O)Nc1nc(CC(=O)NCc2ccco2)cs1)C(=O)c1ccc(Cl)cc1. The highest BCUT2D eigenvalue weighted by atomic mass is 35.5. The monoisotopic (exact) mass is 488 g/mol. The molecule has 3 aromatic rings. The van der Waals surface area contributed by atoms with E-state index in [-0.39, 0.29) is 36.6 Å². The zero-order valence-electron chi connectivity index (χ0n) is 18.3. The van der Waals surface area contributed by atoms with E-state index >= 15 is 0 Å². The van der Waals surface area contributed by atoms with Crippen LogP contribution in [0.15, 0.2) is 52.5 Å². The summed E-state index contributed by atoms with van der Waals surface area (Å²) >= 11 is 7.13. The lowest BCUT2D eigenvalue weighted by Gasteiger charge is -2.24. The number of furan rings is 1. The second-order valence-electron chi connectivity index (χ2n) is 7.81. The van der Waals surface area contributed by atoms with Crippen LogP contribution >= 0.6 is 22.9 Å². The molecule has 0 aliphatic rings. The molecular formula is C23H25ClN4O4S. The number of nitrogens with one attached hydrogen (secondary N) is 2. The van der Waals surface area contributed by atoms with Crippen LogP contribution in [0.3, 0.4) is 0 Å². The van der Waals surface area contributed by atoms with Crippen molar-refractivity contribution in [1.82, 2.24) is 15.2 Å². The molecule has 0 radical (unpaired) electrons. The number of thiazole rings is 1. The van der Waals surface area contributed by atoms with Crippen LogP contribution in [0.4, 0.5) is 5.13 Å². The average molecular weight is 489 g/mol. The van der Waals surface area contributed by atoms with Crippen LogP contribution in [0.25, 0.3) is 0 Å². The third kappa shape index (κ3) is 7.73. The zero-order chi connectivity index (χ0) is 23.8. The Morgan fingerprint density at radius 3 is 2.58 bits per heavy atom. The van der Waals surface area contributed by atoms with Crippen LogP contribution in [-0.4, -0.2) is 40.7 Å². The van der Waals surface area contributed by atoms with Crippen molar-refractivity contribution >= 4 is 45.8 Å². The number of aromatic nitrogens is 1. The minimum absolute atomic E-state index is 0.0849. The first-order valence-corrected chi connectivity index (χ1v) is 11.6. The summed E-state index contributed by atoms with van der Waals surface area (Å²) in [6.07, 6.45) is 1.63. The molecule has 0 atom stereocenters. The summed E-state index contributed by atoms with van der Waals surface area (Å²) in [7, 11) is 0. The lowest BCUT2D eigenvalue weighted by molar-refractivity contribution is -0.120. The van der Waals surface area contributed by atoms with E-state index in [2.05, 4.69) is 15.6 Å². The Labute approximate surface area is 200 Å². The number of hydrogen-bond donors (Lipinski definition) is 2. The molecule has 3 rings (SSSR count). The predicted octanol–water partition coefficient (Wildman–Crippen LogP) is 3.99. The topological polar surface area (TPSA) is 105 Å². The summed E-state index contributed by atoms with van der Waals surface area (Å²) in [6.45, 7) is 4.56.